The number of nitrogens with zero attached hydrogens (tertiary/aromatic N) is 5. The predicted octanol–water partition coefficient (Wildman–Crippen LogP) is 5.62. The average molecular weight is 534 g/mol. The molecule has 0 saturated heterocycles. The van der Waals surface area contributed by atoms with Gasteiger partial charge >= 0.3 is 0 Å². The van der Waals surface area contributed by atoms with Crippen LogP contribution in [0.15, 0.2) is 16.6 Å². The highest BCUT2D eigenvalue weighted by molar-refractivity contribution is 9.10. The van der Waals surface area contributed by atoms with Crippen molar-refractivity contribution in [1.29, 1.82) is 5.26 Å². The molecule has 0 spiro atoms. The quantitative estimate of drug-likeness (QED) is 0.426. The Bertz CT molecular complexity index is 1380. The van der Waals surface area contributed by atoms with Gasteiger partial charge in [-0.05, 0) is 49.7 Å². The number of ketones is 2. The van der Waals surface area contributed by atoms with Crippen molar-refractivity contribution in [3.8, 4) is 17.4 Å². The second-order valence-electron chi connectivity index (χ2n) is 11.5. The molecule has 0 radical (unpaired) electrons. The van der Waals surface area contributed by atoms with E-state index in [1.54, 1.807) is 9.36 Å². The summed E-state index contributed by atoms with van der Waals surface area (Å²) in [7, 11) is 0. The smallest absolute Gasteiger partial charge is 0.167 e. The number of nitriles is 1. The molecule has 1 aromatic carbocycles. The summed E-state index contributed by atoms with van der Waals surface area (Å²) in [5, 5.41) is 19.8. The fourth-order valence-electron chi connectivity index (χ4n) is 5.71. The highest BCUT2D eigenvalue weighted by Crippen LogP contribution is 2.40. The van der Waals surface area contributed by atoms with Crippen LogP contribution in [0, 0.1) is 36.0 Å². The fourth-order valence-corrected chi connectivity index (χ4v) is 6.14. The van der Waals surface area contributed by atoms with Gasteiger partial charge in [-0.3, -0.25) is 9.59 Å². The Hall–Kier alpha value is -3.05. The lowest BCUT2D eigenvalue weighted by Crippen LogP contribution is -2.28. The molecule has 0 fully saturated rings. The van der Waals surface area contributed by atoms with E-state index in [9.17, 15) is 14.9 Å². The third kappa shape index (κ3) is 3.77. The van der Waals surface area contributed by atoms with Crippen LogP contribution in [0.1, 0.15) is 89.6 Å². The van der Waals surface area contributed by atoms with Crippen molar-refractivity contribution >= 4 is 27.5 Å². The van der Waals surface area contributed by atoms with Crippen LogP contribution in [0.25, 0.3) is 11.4 Å². The van der Waals surface area contributed by atoms with Gasteiger partial charge in [-0.25, -0.2) is 9.36 Å². The van der Waals surface area contributed by atoms with Crippen LogP contribution < -0.4 is 0 Å². The highest BCUT2D eigenvalue weighted by Gasteiger charge is 2.38. The molecule has 2 aliphatic rings. The van der Waals surface area contributed by atoms with Crippen LogP contribution in [0.5, 0.6) is 0 Å². The van der Waals surface area contributed by atoms with E-state index in [2.05, 4.69) is 49.7 Å². The first kappa shape index (κ1) is 23.7. The van der Waals surface area contributed by atoms with Crippen LogP contribution in [-0.4, -0.2) is 31.1 Å². The molecule has 8 heteroatoms. The van der Waals surface area contributed by atoms with Gasteiger partial charge in [0.2, 0.25) is 0 Å². The van der Waals surface area contributed by atoms with Crippen molar-refractivity contribution in [2.24, 2.45) is 10.8 Å². The van der Waals surface area contributed by atoms with Crippen LogP contribution >= 0.6 is 15.9 Å². The summed E-state index contributed by atoms with van der Waals surface area (Å²) in [6.45, 7) is 12.0. The van der Waals surface area contributed by atoms with Crippen molar-refractivity contribution < 1.29 is 9.59 Å². The second-order valence-corrected chi connectivity index (χ2v) is 12.4. The molecule has 7 nitrogen and oxygen atoms in total. The zero-order valence-electron chi connectivity index (χ0n) is 20.9. The summed E-state index contributed by atoms with van der Waals surface area (Å²) in [6, 6.07) is 6.09. The van der Waals surface area contributed by atoms with E-state index in [4.69, 9.17) is 10.2 Å². The third-order valence-electron chi connectivity index (χ3n) is 7.07. The number of carbonyl (C=O) groups excluding carboxylic acids is 2. The van der Waals surface area contributed by atoms with E-state index in [1.807, 2.05) is 26.0 Å². The molecule has 0 amide bonds. The van der Waals surface area contributed by atoms with Crippen LogP contribution in [0.4, 0.5) is 0 Å². The SMILES string of the molecule is Cc1nn(-c2cc(Br)cc(-n3nc(C)c4c3CC(C)(C)CC4=O)c2C#N)c2c1C(=O)CC(C)(C)C2. The summed E-state index contributed by atoms with van der Waals surface area (Å²) < 4.78 is 4.27. The number of hydrogen-bond acceptors (Lipinski definition) is 5. The van der Waals surface area contributed by atoms with E-state index < -0.39 is 0 Å². The molecular weight excluding hydrogens is 506 g/mol. The fraction of sp³-hybridized carbons (Fsp3) is 0.444. The summed E-state index contributed by atoms with van der Waals surface area (Å²) >= 11 is 3.62. The van der Waals surface area contributed by atoms with E-state index in [0.29, 0.717) is 65.1 Å². The van der Waals surface area contributed by atoms with Gasteiger partial charge in [-0.15, -0.1) is 0 Å². The molecule has 0 saturated carbocycles. The number of benzene rings is 1. The molecule has 0 unspecified atom stereocenters. The standard InChI is InChI=1S/C27H28BrN5O2/c1-14-24-20(9-26(3,4)11-22(24)34)32(30-14)18-7-16(28)8-19(17(18)13-29)33-21-10-27(5,6)12-23(35)25(21)15(2)31-33/h7-8H,9-12H2,1-6H3. The molecule has 5 rings (SSSR count). The number of carbonyl (C=O) groups is 2. The molecular formula is C27H28BrN5O2. The van der Waals surface area contributed by atoms with Gasteiger partial charge in [0.1, 0.15) is 11.6 Å². The topological polar surface area (TPSA) is 93.6 Å². The van der Waals surface area contributed by atoms with Gasteiger partial charge in [0, 0.05) is 17.3 Å². The average Bonchev–Trinajstić information content (AvgIpc) is 3.22. The number of hydrogen-bond donors (Lipinski definition) is 0. The molecule has 0 aliphatic heterocycles. The second kappa shape index (κ2) is 7.72. The van der Waals surface area contributed by atoms with Crippen molar-refractivity contribution in [2.45, 2.75) is 67.2 Å². The minimum Gasteiger partial charge on any atom is -0.294 e. The monoisotopic (exact) mass is 533 g/mol. The third-order valence-corrected chi connectivity index (χ3v) is 7.53. The van der Waals surface area contributed by atoms with Gasteiger partial charge in [-0.2, -0.15) is 15.5 Å². The molecule has 0 N–H and O–H groups in total. The largest absolute Gasteiger partial charge is 0.294 e. The normalized spacial score (nSPS) is 18.2. The molecule has 35 heavy (non-hydrogen) atoms. The molecule has 2 heterocycles. The van der Waals surface area contributed by atoms with E-state index in [1.165, 1.54) is 0 Å². The predicted molar refractivity (Wildman–Crippen MR) is 135 cm³/mol. The molecule has 3 aromatic rings. The molecule has 2 aliphatic carbocycles. The lowest BCUT2D eigenvalue weighted by atomic mass is 9.75. The van der Waals surface area contributed by atoms with Gasteiger partial charge in [0.05, 0.1) is 45.3 Å². The number of halogens is 1. The van der Waals surface area contributed by atoms with Gasteiger partial charge in [-0.1, -0.05) is 43.6 Å². The first-order valence-electron chi connectivity index (χ1n) is 11.8. The van der Waals surface area contributed by atoms with E-state index >= 15 is 0 Å². The summed E-state index contributed by atoms with van der Waals surface area (Å²) in [5.41, 5.74) is 5.53. The lowest BCUT2D eigenvalue weighted by molar-refractivity contribution is 0.0900. The Balaban J connectivity index is 1.77. The zero-order valence-corrected chi connectivity index (χ0v) is 22.5. The van der Waals surface area contributed by atoms with Crippen molar-refractivity contribution in [3.63, 3.8) is 0 Å². The Morgan fingerprint density at radius 1 is 0.829 bits per heavy atom. The molecule has 180 valence electrons. The van der Waals surface area contributed by atoms with Crippen LogP contribution in [0.2, 0.25) is 0 Å². The maximum absolute atomic E-state index is 13.0. The Labute approximate surface area is 213 Å². The van der Waals surface area contributed by atoms with Gasteiger partial charge in [0.25, 0.3) is 0 Å². The first-order chi connectivity index (χ1) is 16.3. The zero-order chi connectivity index (χ0) is 25.4. The van der Waals surface area contributed by atoms with Crippen molar-refractivity contribution in [1.82, 2.24) is 19.6 Å². The van der Waals surface area contributed by atoms with Crippen LogP contribution in [0.3, 0.4) is 0 Å². The minimum absolute atomic E-state index is 0.0891. The molecule has 0 atom stereocenters. The maximum Gasteiger partial charge on any atom is 0.167 e. The van der Waals surface area contributed by atoms with E-state index in [0.717, 1.165) is 15.9 Å². The summed E-state index contributed by atoms with van der Waals surface area (Å²) in [4.78, 5) is 25.9. The highest BCUT2D eigenvalue weighted by atomic mass is 79.9. The molecule has 0 bridgehead atoms. The van der Waals surface area contributed by atoms with Crippen molar-refractivity contribution in [3.05, 3.63) is 56.1 Å². The Morgan fingerprint density at radius 2 is 1.23 bits per heavy atom. The maximum atomic E-state index is 13.0. The number of Topliss-reactive ketones (excluding diaryl/α,β-unsaturated/α-hetero) is 2. The number of rotatable bonds is 2. The molecule has 2 aromatic heterocycles. The summed E-state index contributed by atoms with van der Waals surface area (Å²) in [5.74, 6) is 0.178. The summed E-state index contributed by atoms with van der Waals surface area (Å²) in [6.07, 6.45) is 2.31. The number of fused-ring (bicyclic) bond motifs is 2. The van der Waals surface area contributed by atoms with Gasteiger partial charge < -0.3 is 0 Å². The Kier molecular flexibility index (Phi) is 5.23. The number of aryl methyl sites for hydroxylation is 2. The first-order valence-corrected chi connectivity index (χ1v) is 12.6. The lowest BCUT2D eigenvalue weighted by Gasteiger charge is -2.30. The minimum atomic E-state index is -0.194. The van der Waals surface area contributed by atoms with Crippen molar-refractivity contribution in [2.75, 3.05) is 0 Å². The van der Waals surface area contributed by atoms with E-state index in [-0.39, 0.29) is 22.4 Å². The Morgan fingerprint density at radius 3 is 1.60 bits per heavy atom. The van der Waals surface area contributed by atoms with Crippen LogP contribution in [-0.2, 0) is 12.8 Å². The number of aromatic nitrogens is 4. The van der Waals surface area contributed by atoms with Gasteiger partial charge in [0.15, 0.2) is 11.6 Å².